The van der Waals surface area contributed by atoms with Crippen molar-refractivity contribution in [2.24, 2.45) is 17.3 Å². The van der Waals surface area contributed by atoms with Crippen LogP contribution in [0.25, 0.3) is 0 Å². The molecule has 156 valence electrons. The average molecular weight is 395 g/mol. The first kappa shape index (κ1) is 19.4. The Morgan fingerprint density at radius 3 is 2.72 bits per heavy atom. The van der Waals surface area contributed by atoms with Gasteiger partial charge in [0.15, 0.2) is 0 Å². The van der Waals surface area contributed by atoms with Gasteiger partial charge in [0.2, 0.25) is 0 Å². The van der Waals surface area contributed by atoms with E-state index >= 15 is 0 Å². The Morgan fingerprint density at radius 2 is 2.00 bits per heavy atom. The second-order valence-electron chi connectivity index (χ2n) is 9.99. The first-order chi connectivity index (χ1) is 14.0. The van der Waals surface area contributed by atoms with E-state index in [9.17, 15) is 10.2 Å². The van der Waals surface area contributed by atoms with Crippen LogP contribution in [0.4, 0.5) is 5.69 Å². The van der Waals surface area contributed by atoms with Crippen LogP contribution in [0.3, 0.4) is 0 Å². The molecule has 4 aliphatic rings. The molecular weight excluding hydrogens is 360 g/mol. The lowest BCUT2D eigenvalue weighted by Crippen LogP contribution is -2.50. The highest BCUT2D eigenvalue weighted by Gasteiger charge is 2.61. The third-order valence-electron chi connectivity index (χ3n) is 8.94. The molecule has 29 heavy (non-hydrogen) atoms. The Bertz CT molecular complexity index is 840. The minimum absolute atomic E-state index is 0.108. The molecule has 0 spiro atoms. The van der Waals surface area contributed by atoms with Crippen molar-refractivity contribution in [2.75, 3.05) is 31.1 Å². The lowest BCUT2D eigenvalue weighted by atomic mass is 9.53. The molecule has 0 amide bonds. The number of aliphatic hydroxyl groups is 2. The molecule has 4 heteroatoms. The molecule has 3 N–H and O–H groups in total. The van der Waals surface area contributed by atoms with Crippen LogP contribution >= 0.6 is 0 Å². The van der Waals surface area contributed by atoms with Crippen LogP contribution in [0, 0.1) is 29.6 Å². The maximum Gasteiger partial charge on any atom is 0.130 e. The average Bonchev–Trinajstić information content (AvgIpc) is 3.04. The summed E-state index contributed by atoms with van der Waals surface area (Å²) in [7, 11) is 0. The summed E-state index contributed by atoms with van der Waals surface area (Å²) in [5, 5.41) is 24.6. The molecule has 4 nitrogen and oxygen atoms in total. The summed E-state index contributed by atoms with van der Waals surface area (Å²) in [5.74, 6) is 4.46. The third-order valence-corrected chi connectivity index (χ3v) is 8.94. The number of anilines is 1. The maximum absolute atomic E-state index is 11.1. The number of terminal acetylenes is 1. The van der Waals surface area contributed by atoms with Gasteiger partial charge in [-0.3, -0.25) is 0 Å². The molecule has 3 fully saturated rings. The molecule has 0 unspecified atom stereocenters. The van der Waals surface area contributed by atoms with Crippen LogP contribution in [-0.4, -0.2) is 42.0 Å². The number of nitrogens with one attached hydrogen (secondary N) is 1. The molecule has 5 atom stereocenters. The molecule has 1 aromatic carbocycles. The summed E-state index contributed by atoms with van der Waals surface area (Å²) in [6.45, 7) is 6.34. The van der Waals surface area contributed by atoms with Gasteiger partial charge >= 0.3 is 0 Å². The van der Waals surface area contributed by atoms with Crippen molar-refractivity contribution in [1.29, 1.82) is 0 Å². The highest BCUT2D eigenvalue weighted by Crippen LogP contribution is 2.64. The summed E-state index contributed by atoms with van der Waals surface area (Å²) < 4.78 is 0. The number of fused-ring (bicyclic) bond motifs is 5. The zero-order valence-electron chi connectivity index (χ0n) is 17.6. The summed E-state index contributed by atoms with van der Waals surface area (Å²) >= 11 is 0. The molecular formula is C25H34N2O2. The number of nitrogens with zero attached hydrogens (tertiary/aromatic N) is 1. The standard InChI is InChI=1S/C25H34N2O2/c1-3-25(29)9-7-22-20-5-4-17-14-18(16-28)23(27-12-10-26-11-13-27)15-21(17)19(20)6-8-24(22,25)2/h1,14-15,19-20,22,26,28-29H,4-13,16H2,2H3/t19-,20+,22-,24-,25-/m0/s1. The van der Waals surface area contributed by atoms with E-state index in [1.807, 2.05) is 0 Å². The third kappa shape index (κ3) is 2.78. The second-order valence-corrected chi connectivity index (χ2v) is 9.99. The molecule has 1 aliphatic heterocycles. The largest absolute Gasteiger partial charge is 0.392 e. The number of aryl methyl sites for hydroxylation is 1. The molecule has 0 aromatic heterocycles. The van der Waals surface area contributed by atoms with E-state index in [2.05, 4.69) is 35.2 Å². The Kier molecular flexibility index (Phi) is 4.70. The fraction of sp³-hybridized carbons (Fsp3) is 0.680. The van der Waals surface area contributed by atoms with Gasteiger partial charge in [-0.25, -0.2) is 0 Å². The van der Waals surface area contributed by atoms with E-state index in [0.717, 1.165) is 63.8 Å². The molecule has 2 saturated carbocycles. The summed E-state index contributed by atoms with van der Waals surface area (Å²) in [5.41, 5.74) is 4.16. The van der Waals surface area contributed by atoms with Crippen molar-refractivity contribution in [3.8, 4) is 12.3 Å². The Morgan fingerprint density at radius 1 is 1.21 bits per heavy atom. The fourth-order valence-corrected chi connectivity index (χ4v) is 7.24. The van der Waals surface area contributed by atoms with Crippen molar-refractivity contribution in [1.82, 2.24) is 5.32 Å². The number of piperazine rings is 1. The van der Waals surface area contributed by atoms with Crippen molar-refractivity contribution < 1.29 is 10.2 Å². The lowest BCUT2D eigenvalue weighted by molar-refractivity contribution is -0.0646. The van der Waals surface area contributed by atoms with Crippen LogP contribution in [0.2, 0.25) is 0 Å². The zero-order valence-corrected chi connectivity index (χ0v) is 17.6. The van der Waals surface area contributed by atoms with Gasteiger partial charge in [0.25, 0.3) is 0 Å². The topological polar surface area (TPSA) is 55.7 Å². The first-order valence-electron chi connectivity index (χ1n) is 11.4. The quantitative estimate of drug-likeness (QED) is 0.675. The fourth-order valence-electron chi connectivity index (χ4n) is 7.24. The van der Waals surface area contributed by atoms with Crippen LogP contribution < -0.4 is 10.2 Å². The van der Waals surface area contributed by atoms with E-state index in [1.165, 1.54) is 23.2 Å². The van der Waals surface area contributed by atoms with Crippen molar-refractivity contribution in [3.05, 3.63) is 28.8 Å². The monoisotopic (exact) mass is 394 g/mol. The van der Waals surface area contributed by atoms with Gasteiger partial charge in [-0.2, -0.15) is 0 Å². The molecule has 0 radical (unpaired) electrons. The van der Waals surface area contributed by atoms with E-state index in [0.29, 0.717) is 17.8 Å². The molecule has 3 aliphatic carbocycles. The van der Waals surface area contributed by atoms with Crippen molar-refractivity contribution in [3.63, 3.8) is 0 Å². The van der Waals surface area contributed by atoms with Crippen molar-refractivity contribution >= 4 is 5.69 Å². The van der Waals surface area contributed by atoms with Crippen LogP contribution in [0.15, 0.2) is 12.1 Å². The van der Waals surface area contributed by atoms with Crippen LogP contribution in [0.1, 0.15) is 61.6 Å². The van der Waals surface area contributed by atoms with E-state index in [-0.39, 0.29) is 12.0 Å². The predicted octanol–water partition coefficient (Wildman–Crippen LogP) is 2.81. The second kappa shape index (κ2) is 7.01. The predicted molar refractivity (Wildman–Crippen MR) is 116 cm³/mol. The normalized spacial score (nSPS) is 38.7. The maximum atomic E-state index is 11.1. The van der Waals surface area contributed by atoms with Gasteiger partial charge in [0.05, 0.1) is 6.61 Å². The number of benzene rings is 1. The van der Waals surface area contributed by atoms with Gasteiger partial charge < -0.3 is 20.4 Å². The lowest BCUT2D eigenvalue weighted by Gasteiger charge is -2.52. The Hall–Kier alpha value is -1.54. The molecule has 5 rings (SSSR count). The summed E-state index contributed by atoms with van der Waals surface area (Å²) in [6, 6.07) is 4.69. The molecule has 1 saturated heterocycles. The van der Waals surface area contributed by atoms with Gasteiger partial charge in [0, 0.05) is 42.8 Å². The van der Waals surface area contributed by atoms with E-state index < -0.39 is 5.60 Å². The van der Waals surface area contributed by atoms with E-state index in [1.54, 1.807) is 0 Å². The number of rotatable bonds is 2. The summed E-state index contributed by atoms with van der Waals surface area (Å²) in [4.78, 5) is 2.44. The van der Waals surface area contributed by atoms with Gasteiger partial charge in [-0.05, 0) is 73.5 Å². The van der Waals surface area contributed by atoms with Crippen LogP contribution in [-0.2, 0) is 13.0 Å². The molecule has 0 bridgehead atoms. The van der Waals surface area contributed by atoms with Gasteiger partial charge in [-0.15, -0.1) is 6.42 Å². The van der Waals surface area contributed by atoms with Crippen molar-refractivity contribution in [2.45, 2.75) is 63.6 Å². The number of aliphatic hydroxyl groups excluding tert-OH is 1. The zero-order chi connectivity index (χ0) is 20.2. The number of hydrogen-bond acceptors (Lipinski definition) is 4. The molecule has 1 heterocycles. The summed E-state index contributed by atoms with van der Waals surface area (Å²) in [6.07, 6.45) is 12.0. The SMILES string of the molecule is C#C[C@]1(O)CC[C@H]2[C@@H]3CCc4cc(CO)c(N5CCNCC5)cc4[C@H]3CC[C@@]21C. The van der Waals surface area contributed by atoms with E-state index in [4.69, 9.17) is 6.42 Å². The highest BCUT2D eigenvalue weighted by molar-refractivity contribution is 5.59. The van der Waals surface area contributed by atoms with Crippen LogP contribution in [0.5, 0.6) is 0 Å². The Balaban J connectivity index is 1.51. The minimum Gasteiger partial charge on any atom is -0.392 e. The highest BCUT2D eigenvalue weighted by atomic mass is 16.3. The molecule has 1 aromatic rings. The van der Waals surface area contributed by atoms with Gasteiger partial charge in [0.1, 0.15) is 5.60 Å². The Labute approximate surface area is 174 Å². The smallest absolute Gasteiger partial charge is 0.130 e. The first-order valence-corrected chi connectivity index (χ1v) is 11.4. The number of hydrogen-bond donors (Lipinski definition) is 3. The minimum atomic E-state index is -0.935. The van der Waals surface area contributed by atoms with Gasteiger partial charge in [-0.1, -0.05) is 18.9 Å².